The first kappa shape index (κ1) is 9.99. The number of hydrogen-bond acceptors (Lipinski definition) is 3. The molecule has 0 saturated heterocycles. The number of methoxy groups -OCH3 is 1. The number of pyridine rings is 1. The van der Waals surface area contributed by atoms with Crippen molar-refractivity contribution >= 4 is 0 Å². The Labute approximate surface area is 78.9 Å². The first-order chi connectivity index (χ1) is 6.19. The van der Waals surface area contributed by atoms with Crippen molar-refractivity contribution in [1.29, 1.82) is 0 Å². The zero-order chi connectivity index (χ0) is 9.84. The molecule has 1 heterocycles. The lowest BCUT2D eigenvalue weighted by molar-refractivity contribution is 0.394. The van der Waals surface area contributed by atoms with Gasteiger partial charge in [0.05, 0.1) is 7.11 Å². The summed E-state index contributed by atoms with van der Waals surface area (Å²) in [5.41, 5.74) is 7.98. The molecule has 0 saturated carbocycles. The number of nitrogens with zero attached hydrogens (tertiary/aromatic N) is 1. The molecule has 1 rings (SSSR count). The topological polar surface area (TPSA) is 48.1 Å². The maximum Gasteiger partial charge on any atom is 0.215 e. The third-order valence-corrected chi connectivity index (χ3v) is 2.11. The number of nitrogens with two attached hydrogens (primary N) is 1. The van der Waals surface area contributed by atoms with Gasteiger partial charge in [-0.15, -0.1) is 0 Å². The predicted octanol–water partition coefficient (Wildman–Crippen LogP) is 1.81. The van der Waals surface area contributed by atoms with Crippen LogP contribution in [0.5, 0.6) is 5.88 Å². The fraction of sp³-hybridized carbons (Fsp3) is 0.500. The van der Waals surface area contributed by atoms with E-state index in [0.29, 0.717) is 5.88 Å². The van der Waals surface area contributed by atoms with Gasteiger partial charge in [-0.1, -0.05) is 6.92 Å². The van der Waals surface area contributed by atoms with E-state index in [0.717, 1.165) is 17.5 Å². The van der Waals surface area contributed by atoms with Crippen molar-refractivity contribution in [2.24, 2.45) is 5.73 Å². The summed E-state index contributed by atoms with van der Waals surface area (Å²) in [7, 11) is 1.62. The molecule has 0 unspecified atom stereocenters. The van der Waals surface area contributed by atoms with Crippen LogP contribution in [0.2, 0.25) is 0 Å². The van der Waals surface area contributed by atoms with Crippen molar-refractivity contribution in [3.05, 3.63) is 23.4 Å². The number of ether oxygens (including phenoxy) is 1. The number of aromatic nitrogens is 1. The second-order valence-corrected chi connectivity index (χ2v) is 3.11. The highest BCUT2D eigenvalue weighted by Gasteiger charge is 2.06. The molecule has 0 bridgehead atoms. The highest BCUT2D eigenvalue weighted by atomic mass is 16.5. The Kier molecular flexibility index (Phi) is 3.25. The molecular weight excluding hydrogens is 164 g/mol. The summed E-state index contributed by atoms with van der Waals surface area (Å²) in [4.78, 5) is 4.16. The van der Waals surface area contributed by atoms with Gasteiger partial charge in [0, 0.05) is 17.8 Å². The fourth-order valence-corrected chi connectivity index (χ4v) is 1.24. The summed E-state index contributed by atoms with van der Waals surface area (Å²) in [6.45, 7) is 4.03. The number of rotatable bonds is 3. The third kappa shape index (κ3) is 2.18. The van der Waals surface area contributed by atoms with E-state index in [-0.39, 0.29) is 6.04 Å². The molecule has 2 N–H and O–H groups in total. The molecule has 1 aromatic heterocycles. The molecule has 0 radical (unpaired) electrons. The molecule has 0 aliphatic carbocycles. The molecular formula is C10H16N2O. The van der Waals surface area contributed by atoms with Gasteiger partial charge in [0.25, 0.3) is 0 Å². The van der Waals surface area contributed by atoms with E-state index < -0.39 is 0 Å². The van der Waals surface area contributed by atoms with E-state index in [1.807, 2.05) is 13.0 Å². The minimum absolute atomic E-state index is 0.0807. The molecule has 0 spiro atoms. The van der Waals surface area contributed by atoms with Crippen molar-refractivity contribution in [2.75, 3.05) is 7.11 Å². The van der Waals surface area contributed by atoms with Crippen LogP contribution in [0.1, 0.15) is 30.5 Å². The van der Waals surface area contributed by atoms with Crippen LogP contribution in [-0.4, -0.2) is 12.1 Å². The van der Waals surface area contributed by atoms with E-state index in [1.54, 1.807) is 13.3 Å². The first-order valence-corrected chi connectivity index (χ1v) is 4.45. The molecule has 1 aromatic rings. The summed E-state index contributed by atoms with van der Waals surface area (Å²) in [5, 5.41) is 0. The Morgan fingerprint density at radius 2 is 2.31 bits per heavy atom. The van der Waals surface area contributed by atoms with Crippen LogP contribution in [0.3, 0.4) is 0 Å². The zero-order valence-corrected chi connectivity index (χ0v) is 8.37. The molecule has 1 atom stereocenters. The summed E-state index contributed by atoms with van der Waals surface area (Å²) in [5.74, 6) is 0.673. The average molecular weight is 180 g/mol. The smallest absolute Gasteiger partial charge is 0.215 e. The fourth-order valence-electron chi connectivity index (χ4n) is 1.24. The standard InChI is InChI=1S/C10H16N2O/c1-4-9(11)8-5-7(2)10(13-3)12-6-8/h5-6,9H,4,11H2,1-3H3/t9-/m1/s1. The molecule has 13 heavy (non-hydrogen) atoms. The van der Waals surface area contributed by atoms with Crippen molar-refractivity contribution in [3.63, 3.8) is 0 Å². The lowest BCUT2D eigenvalue weighted by atomic mass is 10.1. The van der Waals surface area contributed by atoms with E-state index in [4.69, 9.17) is 10.5 Å². The van der Waals surface area contributed by atoms with E-state index in [9.17, 15) is 0 Å². The van der Waals surface area contributed by atoms with Crippen LogP contribution in [-0.2, 0) is 0 Å². The van der Waals surface area contributed by atoms with Crippen LogP contribution in [0.25, 0.3) is 0 Å². The maximum absolute atomic E-state index is 5.87. The van der Waals surface area contributed by atoms with Crippen molar-refractivity contribution < 1.29 is 4.74 Å². The number of aryl methyl sites for hydroxylation is 1. The maximum atomic E-state index is 5.87. The summed E-state index contributed by atoms with van der Waals surface area (Å²) >= 11 is 0. The summed E-state index contributed by atoms with van der Waals surface area (Å²) in [6.07, 6.45) is 2.70. The van der Waals surface area contributed by atoms with E-state index >= 15 is 0 Å². The molecule has 0 aromatic carbocycles. The first-order valence-electron chi connectivity index (χ1n) is 4.45. The Bertz CT molecular complexity index is 286. The SMILES string of the molecule is CC[C@@H](N)c1cnc(OC)c(C)c1. The lowest BCUT2D eigenvalue weighted by Gasteiger charge is -2.10. The lowest BCUT2D eigenvalue weighted by Crippen LogP contribution is -2.09. The second-order valence-electron chi connectivity index (χ2n) is 3.11. The van der Waals surface area contributed by atoms with E-state index in [2.05, 4.69) is 11.9 Å². The summed E-state index contributed by atoms with van der Waals surface area (Å²) in [6, 6.07) is 2.11. The van der Waals surface area contributed by atoms with Crippen LogP contribution >= 0.6 is 0 Å². The normalized spacial score (nSPS) is 12.6. The second kappa shape index (κ2) is 4.23. The van der Waals surface area contributed by atoms with E-state index in [1.165, 1.54) is 0 Å². The monoisotopic (exact) mass is 180 g/mol. The van der Waals surface area contributed by atoms with Gasteiger partial charge in [-0.3, -0.25) is 0 Å². The number of hydrogen-bond donors (Lipinski definition) is 1. The highest BCUT2D eigenvalue weighted by Crippen LogP contribution is 2.19. The van der Waals surface area contributed by atoms with Crippen molar-refractivity contribution in [3.8, 4) is 5.88 Å². The largest absolute Gasteiger partial charge is 0.481 e. The third-order valence-electron chi connectivity index (χ3n) is 2.11. The molecule has 0 aliphatic heterocycles. The Morgan fingerprint density at radius 1 is 1.62 bits per heavy atom. The van der Waals surface area contributed by atoms with Crippen LogP contribution < -0.4 is 10.5 Å². The van der Waals surface area contributed by atoms with Gasteiger partial charge in [-0.05, 0) is 25.0 Å². The molecule has 3 heteroatoms. The van der Waals surface area contributed by atoms with Gasteiger partial charge in [-0.25, -0.2) is 4.98 Å². The van der Waals surface area contributed by atoms with Gasteiger partial charge in [0.15, 0.2) is 0 Å². The Balaban J connectivity index is 2.95. The summed E-state index contributed by atoms with van der Waals surface area (Å²) < 4.78 is 5.06. The molecule has 0 amide bonds. The molecule has 0 aliphatic rings. The van der Waals surface area contributed by atoms with Crippen molar-refractivity contribution in [2.45, 2.75) is 26.3 Å². The predicted molar refractivity (Wildman–Crippen MR) is 52.7 cm³/mol. The minimum Gasteiger partial charge on any atom is -0.481 e. The zero-order valence-electron chi connectivity index (χ0n) is 8.37. The van der Waals surface area contributed by atoms with Gasteiger partial charge in [0.1, 0.15) is 0 Å². The molecule has 0 fully saturated rings. The minimum atomic E-state index is 0.0807. The Morgan fingerprint density at radius 3 is 2.77 bits per heavy atom. The van der Waals surface area contributed by atoms with Crippen LogP contribution in [0.4, 0.5) is 0 Å². The van der Waals surface area contributed by atoms with Gasteiger partial charge in [0.2, 0.25) is 5.88 Å². The van der Waals surface area contributed by atoms with Gasteiger partial charge >= 0.3 is 0 Å². The molecule has 3 nitrogen and oxygen atoms in total. The van der Waals surface area contributed by atoms with Crippen molar-refractivity contribution in [1.82, 2.24) is 4.98 Å². The van der Waals surface area contributed by atoms with Crippen LogP contribution in [0, 0.1) is 6.92 Å². The molecule has 72 valence electrons. The van der Waals surface area contributed by atoms with Gasteiger partial charge < -0.3 is 10.5 Å². The average Bonchev–Trinajstić information content (AvgIpc) is 2.16. The Hall–Kier alpha value is -1.09. The van der Waals surface area contributed by atoms with Crippen LogP contribution in [0.15, 0.2) is 12.3 Å². The van der Waals surface area contributed by atoms with Gasteiger partial charge in [-0.2, -0.15) is 0 Å². The quantitative estimate of drug-likeness (QED) is 0.771. The highest BCUT2D eigenvalue weighted by molar-refractivity contribution is 5.29.